The molecule has 0 saturated carbocycles. The molecule has 72 valence electrons. The molecule has 0 fully saturated rings. The van der Waals surface area contributed by atoms with Gasteiger partial charge in [0.1, 0.15) is 5.76 Å². The van der Waals surface area contributed by atoms with Crippen molar-refractivity contribution >= 4 is 5.97 Å². The molecule has 1 unspecified atom stereocenters. The Morgan fingerprint density at radius 3 is 2.77 bits per heavy atom. The largest absolute Gasteiger partial charge is 0.479 e. The van der Waals surface area contributed by atoms with E-state index in [4.69, 9.17) is 9.84 Å². The third kappa shape index (κ3) is 1.62. The van der Waals surface area contributed by atoms with Crippen LogP contribution in [0, 0.1) is 6.92 Å². The first kappa shape index (κ1) is 9.53. The van der Waals surface area contributed by atoms with Gasteiger partial charge in [0.15, 0.2) is 6.10 Å². The van der Waals surface area contributed by atoms with Crippen molar-refractivity contribution in [2.45, 2.75) is 13.0 Å². The molecule has 13 heavy (non-hydrogen) atoms. The van der Waals surface area contributed by atoms with E-state index < -0.39 is 12.1 Å². The molecule has 0 aromatic carbocycles. The number of aliphatic hydroxyl groups is 1. The summed E-state index contributed by atoms with van der Waals surface area (Å²) in [7, 11) is 1.31. The molecule has 0 amide bonds. The lowest BCUT2D eigenvalue weighted by molar-refractivity contribution is -0.147. The molecule has 0 bridgehead atoms. The van der Waals surface area contributed by atoms with Crippen molar-refractivity contribution < 1.29 is 24.3 Å². The van der Waals surface area contributed by atoms with E-state index in [1.165, 1.54) is 14.0 Å². The first-order valence-electron chi connectivity index (χ1n) is 3.49. The maximum atomic E-state index is 10.4. The van der Waals surface area contributed by atoms with Crippen molar-refractivity contribution in [1.82, 2.24) is 5.16 Å². The van der Waals surface area contributed by atoms with Gasteiger partial charge in [0, 0.05) is 0 Å². The number of methoxy groups -OCH3 is 1. The van der Waals surface area contributed by atoms with Gasteiger partial charge >= 0.3 is 5.97 Å². The molecule has 6 nitrogen and oxygen atoms in total. The minimum Gasteiger partial charge on any atom is -0.479 e. The standard InChI is InChI=1S/C7H9NO5/c1-3-4(5(9)7(10)11)6(12-2)8-13-3/h5,9H,1-2H3,(H,10,11). The Kier molecular flexibility index (Phi) is 2.52. The lowest BCUT2D eigenvalue weighted by Crippen LogP contribution is -2.11. The van der Waals surface area contributed by atoms with Gasteiger partial charge in [0.05, 0.1) is 12.7 Å². The van der Waals surface area contributed by atoms with E-state index in [0.717, 1.165) is 0 Å². The third-order valence-corrected chi connectivity index (χ3v) is 1.58. The van der Waals surface area contributed by atoms with Crippen LogP contribution in [0.15, 0.2) is 4.52 Å². The molecule has 1 atom stereocenters. The van der Waals surface area contributed by atoms with Crippen molar-refractivity contribution in [1.29, 1.82) is 0 Å². The topological polar surface area (TPSA) is 92.8 Å². The number of ether oxygens (including phenoxy) is 1. The predicted molar refractivity (Wildman–Crippen MR) is 40.4 cm³/mol. The summed E-state index contributed by atoms with van der Waals surface area (Å²) in [5.41, 5.74) is 0.0509. The van der Waals surface area contributed by atoms with Crippen LogP contribution in [0.5, 0.6) is 5.88 Å². The van der Waals surface area contributed by atoms with E-state index in [9.17, 15) is 9.90 Å². The summed E-state index contributed by atoms with van der Waals surface area (Å²) < 4.78 is 9.37. The summed E-state index contributed by atoms with van der Waals surface area (Å²) in [6, 6.07) is 0. The zero-order valence-corrected chi connectivity index (χ0v) is 7.14. The van der Waals surface area contributed by atoms with Gasteiger partial charge in [0.25, 0.3) is 5.88 Å². The van der Waals surface area contributed by atoms with Crippen LogP contribution in [0.25, 0.3) is 0 Å². The number of carboxylic acids is 1. The zero-order valence-electron chi connectivity index (χ0n) is 7.14. The van der Waals surface area contributed by atoms with Crippen LogP contribution in [0.3, 0.4) is 0 Å². The van der Waals surface area contributed by atoms with Crippen LogP contribution in [0.2, 0.25) is 0 Å². The highest BCUT2D eigenvalue weighted by molar-refractivity contribution is 5.75. The van der Waals surface area contributed by atoms with E-state index in [2.05, 4.69) is 9.68 Å². The van der Waals surface area contributed by atoms with Crippen LogP contribution in [-0.4, -0.2) is 28.4 Å². The number of hydrogen-bond acceptors (Lipinski definition) is 5. The molecule has 1 aromatic rings. The number of aliphatic carboxylic acids is 1. The molecule has 0 aliphatic heterocycles. The van der Waals surface area contributed by atoms with Crippen LogP contribution in [0.1, 0.15) is 17.4 Å². The number of aryl methyl sites for hydroxylation is 1. The van der Waals surface area contributed by atoms with Gasteiger partial charge in [-0.3, -0.25) is 0 Å². The molecule has 1 aromatic heterocycles. The Morgan fingerprint density at radius 1 is 1.69 bits per heavy atom. The predicted octanol–water partition coefficient (Wildman–Crippen LogP) is 0.110. The number of aliphatic hydroxyl groups excluding tert-OH is 1. The fourth-order valence-electron chi connectivity index (χ4n) is 0.939. The summed E-state index contributed by atoms with van der Waals surface area (Å²) in [5, 5.41) is 21.1. The molecule has 1 rings (SSSR count). The van der Waals surface area contributed by atoms with E-state index in [-0.39, 0.29) is 17.2 Å². The fourth-order valence-corrected chi connectivity index (χ4v) is 0.939. The van der Waals surface area contributed by atoms with Crippen LogP contribution in [-0.2, 0) is 4.79 Å². The molecule has 0 radical (unpaired) electrons. The Balaban J connectivity index is 3.10. The second-order valence-electron chi connectivity index (χ2n) is 2.40. The SMILES string of the molecule is COc1noc(C)c1C(O)C(=O)O. The molecule has 6 heteroatoms. The van der Waals surface area contributed by atoms with Gasteiger partial charge in [-0.15, -0.1) is 0 Å². The number of aromatic nitrogens is 1. The summed E-state index contributed by atoms with van der Waals surface area (Å²) in [6.07, 6.45) is -1.67. The first-order valence-corrected chi connectivity index (χ1v) is 3.49. The molecule has 0 aliphatic rings. The van der Waals surface area contributed by atoms with Gasteiger partial charge in [-0.05, 0) is 12.1 Å². The van der Waals surface area contributed by atoms with Crippen LogP contribution in [0.4, 0.5) is 0 Å². The fraction of sp³-hybridized carbons (Fsp3) is 0.429. The second kappa shape index (κ2) is 3.44. The van der Waals surface area contributed by atoms with E-state index >= 15 is 0 Å². The molecule has 2 N–H and O–H groups in total. The number of rotatable bonds is 3. The average molecular weight is 187 g/mol. The normalized spacial score (nSPS) is 12.5. The lowest BCUT2D eigenvalue weighted by Gasteiger charge is -2.03. The van der Waals surface area contributed by atoms with Gasteiger partial charge in [-0.2, -0.15) is 0 Å². The number of hydrogen-bond donors (Lipinski definition) is 2. The summed E-state index contributed by atoms with van der Waals surface area (Å²) >= 11 is 0. The monoisotopic (exact) mass is 187 g/mol. The summed E-state index contributed by atoms with van der Waals surface area (Å²) in [5.74, 6) is -1.15. The van der Waals surface area contributed by atoms with Crippen molar-refractivity contribution in [3.8, 4) is 5.88 Å². The molecule has 0 spiro atoms. The van der Waals surface area contributed by atoms with Crippen LogP contribution < -0.4 is 4.74 Å². The average Bonchev–Trinajstić information content (AvgIpc) is 2.45. The van der Waals surface area contributed by atoms with Gasteiger partial charge in [-0.1, -0.05) is 0 Å². The quantitative estimate of drug-likeness (QED) is 0.697. The van der Waals surface area contributed by atoms with E-state index in [0.29, 0.717) is 0 Å². The minimum atomic E-state index is -1.67. The molecule has 0 saturated heterocycles. The number of carboxylic acid groups (broad SMARTS) is 1. The maximum Gasteiger partial charge on any atom is 0.337 e. The van der Waals surface area contributed by atoms with Crippen molar-refractivity contribution in [3.63, 3.8) is 0 Å². The zero-order chi connectivity index (χ0) is 10.0. The molecule has 0 aliphatic carbocycles. The highest BCUT2D eigenvalue weighted by Gasteiger charge is 2.26. The number of nitrogens with zero attached hydrogens (tertiary/aromatic N) is 1. The number of carbonyl (C=O) groups is 1. The van der Waals surface area contributed by atoms with E-state index in [1.54, 1.807) is 0 Å². The second-order valence-corrected chi connectivity index (χ2v) is 2.40. The highest BCUT2D eigenvalue weighted by atomic mass is 16.5. The van der Waals surface area contributed by atoms with Crippen LogP contribution >= 0.6 is 0 Å². The lowest BCUT2D eigenvalue weighted by atomic mass is 10.1. The minimum absolute atomic E-state index is 0.00704. The Hall–Kier alpha value is -1.56. The molecular formula is C7H9NO5. The summed E-state index contributed by atoms with van der Waals surface area (Å²) in [4.78, 5) is 10.4. The van der Waals surface area contributed by atoms with Crippen molar-refractivity contribution in [3.05, 3.63) is 11.3 Å². The van der Waals surface area contributed by atoms with Crippen molar-refractivity contribution in [2.75, 3.05) is 7.11 Å². The van der Waals surface area contributed by atoms with Gasteiger partial charge in [-0.25, -0.2) is 4.79 Å². The Morgan fingerprint density at radius 2 is 2.31 bits per heavy atom. The third-order valence-electron chi connectivity index (χ3n) is 1.58. The Bertz CT molecular complexity index is 319. The van der Waals surface area contributed by atoms with E-state index in [1.807, 2.05) is 0 Å². The van der Waals surface area contributed by atoms with Gasteiger partial charge < -0.3 is 19.5 Å². The van der Waals surface area contributed by atoms with Crippen molar-refractivity contribution in [2.24, 2.45) is 0 Å². The smallest absolute Gasteiger partial charge is 0.337 e. The summed E-state index contributed by atoms with van der Waals surface area (Å²) in [6.45, 7) is 1.50. The highest BCUT2D eigenvalue weighted by Crippen LogP contribution is 2.27. The maximum absolute atomic E-state index is 10.4. The molecular weight excluding hydrogens is 178 g/mol. The Labute approximate surface area is 73.7 Å². The molecule has 1 heterocycles. The van der Waals surface area contributed by atoms with Gasteiger partial charge in [0.2, 0.25) is 0 Å². The first-order chi connectivity index (χ1) is 6.07.